The minimum Gasteiger partial charge on any atom is -0.348 e. The van der Waals surface area contributed by atoms with Gasteiger partial charge in [0.05, 0.1) is 15.1 Å². The zero-order valence-corrected chi connectivity index (χ0v) is 13.4. The smallest absolute Gasteiger partial charge is 0.271 e. The molecule has 1 rings (SSSR count). The summed E-state index contributed by atoms with van der Waals surface area (Å²) in [5.41, 5.74) is 0.104. The molecule has 19 heavy (non-hydrogen) atoms. The molecule has 0 saturated heterocycles. The molecular weight excluding hydrogens is 307 g/mol. The highest BCUT2D eigenvalue weighted by molar-refractivity contribution is 6.48. The summed E-state index contributed by atoms with van der Waals surface area (Å²) in [6.07, 6.45) is 3.27. The molecule has 0 aromatic carbocycles. The zero-order valence-electron chi connectivity index (χ0n) is 11.1. The summed E-state index contributed by atoms with van der Waals surface area (Å²) in [6, 6.07) is 0.0576. The Morgan fingerprint density at radius 1 is 1.21 bits per heavy atom. The maximum atomic E-state index is 12.0. The van der Waals surface area contributed by atoms with Crippen LogP contribution in [0.25, 0.3) is 0 Å². The van der Waals surface area contributed by atoms with Crippen LogP contribution in [0.5, 0.6) is 0 Å². The summed E-state index contributed by atoms with van der Waals surface area (Å²) in [5.74, 6) is 0.269. The lowest BCUT2D eigenvalue weighted by Gasteiger charge is -2.15. The fourth-order valence-electron chi connectivity index (χ4n) is 1.55. The molecule has 0 bridgehead atoms. The number of aromatic nitrogens is 1. The van der Waals surface area contributed by atoms with Gasteiger partial charge in [0.1, 0.15) is 5.69 Å². The summed E-state index contributed by atoms with van der Waals surface area (Å²) in [7, 11) is 0. The van der Waals surface area contributed by atoms with E-state index in [1.54, 1.807) is 0 Å². The van der Waals surface area contributed by atoms with Crippen molar-refractivity contribution in [3.8, 4) is 0 Å². The minimum atomic E-state index is -0.333. The number of hydrogen-bond acceptors (Lipinski definition) is 2. The number of carbonyl (C=O) groups excluding carboxylic acids is 1. The van der Waals surface area contributed by atoms with Gasteiger partial charge in [-0.1, -0.05) is 48.7 Å². The molecule has 1 N–H and O–H groups in total. The number of amides is 1. The molecule has 1 aromatic rings. The Labute approximate surface area is 128 Å². The van der Waals surface area contributed by atoms with Crippen LogP contribution in [-0.2, 0) is 0 Å². The second-order valence-electron chi connectivity index (χ2n) is 4.93. The molecule has 0 aliphatic carbocycles. The van der Waals surface area contributed by atoms with Crippen molar-refractivity contribution in [1.29, 1.82) is 0 Å². The van der Waals surface area contributed by atoms with E-state index in [-0.39, 0.29) is 32.7 Å². The lowest BCUT2D eigenvalue weighted by atomic mass is 10.0. The lowest BCUT2D eigenvalue weighted by Crippen LogP contribution is -2.33. The van der Waals surface area contributed by atoms with E-state index < -0.39 is 0 Å². The molecule has 106 valence electrons. The molecule has 3 nitrogen and oxygen atoms in total. The van der Waals surface area contributed by atoms with E-state index in [0.717, 1.165) is 12.8 Å². The van der Waals surface area contributed by atoms with E-state index >= 15 is 0 Å². The van der Waals surface area contributed by atoms with Gasteiger partial charge in [-0.3, -0.25) is 4.79 Å². The second-order valence-corrected chi connectivity index (χ2v) is 6.09. The van der Waals surface area contributed by atoms with E-state index in [1.165, 1.54) is 6.20 Å². The normalized spacial score (nSPS) is 12.6. The van der Waals surface area contributed by atoms with Crippen LogP contribution in [-0.4, -0.2) is 16.9 Å². The minimum absolute atomic E-state index is 0.0576. The largest absolute Gasteiger partial charge is 0.348 e. The molecule has 1 amide bonds. The van der Waals surface area contributed by atoms with E-state index in [4.69, 9.17) is 34.8 Å². The van der Waals surface area contributed by atoms with Gasteiger partial charge < -0.3 is 5.32 Å². The van der Waals surface area contributed by atoms with Crippen molar-refractivity contribution in [2.24, 2.45) is 5.92 Å². The van der Waals surface area contributed by atoms with Gasteiger partial charge in [0.25, 0.3) is 5.91 Å². The first-order chi connectivity index (χ1) is 8.82. The van der Waals surface area contributed by atoms with Gasteiger partial charge in [0.2, 0.25) is 0 Å². The molecule has 0 unspecified atom stereocenters. The molecular formula is C13H17Cl3N2O. The van der Waals surface area contributed by atoms with E-state index in [0.29, 0.717) is 5.92 Å². The first kappa shape index (κ1) is 16.5. The van der Waals surface area contributed by atoms with Gasteiger partial charge in [0, 0.05) is 12.2 Å². The van der Waals surface area contributed by atoms with Crippen LogP contribution in [0.2, 0.25) is 15.1 Å². The van der Waals surface area contributed by atoms with E-state index in [9.17, 15) is 4.79 Å². The van der Waals surface area contributed by atoms with Crippen molar-refractivity contribution in [1.82, 2.24) is 10.3 Å². The predicted octanol–water partition coefficient (Wildman–Crippen LogP) is 4.60. The molecule has 0 radical (unpaired) electrons. The molecule has 0 aliphatic rings. The molecule has 0 saturated carbocycles. The third-order valence-electron chi connectivity index (χ3n) is 2.69. The van der Waals surface area contributed by atoms with Gasteiger partial charge in [-0.2, -0.15) is 0 Å². The van der Waals surface area contributed by atoms with Gasteiger partial charge in [0.15, 0.2) is 0 Å². The van der Waals surface area contributed by atoms with Crippen LogP contribution in [0.15, 0.2) is 6.20 Å². The summed E-state index contributed by atoms with van der Waals surface area (Å²) in [6.45, 7) is 6.24. The monoisotopic (exact) mass is 322 g/mol. The first-order valence-electron chi connectivity index (χ1n) is 6.13. The molecule has 0 fully saturated rings. The zero-order chi connectivity index (χ0) is 14.6. The standard InChI is InChI=1S/C13H17Cl3N2O/c1-7(2)4-5-8(3)18-13(19)12-11(16)10(15)9(14)6-17-12/h6-8H,4-5H2,1-3H3,(H,18,19)/t8-/m0/s1. The molecule has 6 heteroatoms. The highest BCUT2D eigenvalue weighted by atomic mass is 35.5. The third-order valence-corrected chi connectivity index (χ3v) is 3.93. The summed E-state index contributed by atoms with van der Waals surface area (Å²) >= 11 is 17.6. The number of carbonyl (C=O) groups is 1. The Hall–Kier alpha value is -0.510. The molecule has 1 aromatic heterocycles. The third kappa shape index (κ3) is 4.83. The number of pyridine rings is 1. The van der Waals surface area contributed by atoms with E-state index in [2.05, 4.69) is 24.1 Å². The maximum absolute atomic E-state index is 12.0. The number of nitrogens with zero attached hydrogens (tertiary/aromatic N) is 1. The van der Waals surface area contributed by atoms with Crippen molar-refractivity contribution < 1.29 is 4.79 Å². The number of nitrogens with one attached hydrogen (secondary N) is 1. The van der Waals surface area contributed by atoms with Gasteiger partial charge in [-0.05, 0) is 25.7 Å². The molecule has 0 spiro atoms. The van der Waals surface area contributed by atoms with Crippen molar-refractivity contribution >= 4 is 40.7 Å². The average Bonchev–Trinajstić information content (AvgIpc) is 2.33. The molecule has 1 atom stereocenters. The maximum Gasteiger partial charge on any atom is 0.271 e. The summed E-state index contributed by atoms with van der Waals surface area (Å²) < 4.78 is 0. The van der Waals surface area contributed by atoms with Crippen molar-refractivity contribution in [3.05, 3.63) is 27.0 Å². The van der Waals surface area contributed by atoms with Gasteiger partial charge in [-0.25, -0.2) is 4.98 Å². The predicted molar refractivity (Wildman–Crippen MR) is 80.3 cm³/mol. The fourth-order valence-corrected chi connectivity index (χ4v) is 2.12. The molecule has 1 heterocycles. The van der Waals surface area contributed by atoms with Crippen LogP contribution < -0.4 is 5.32 Å². The SMILES string of the molecule is CC(C)CC[C@H](C)NC(=O)c1ncc(Cl)c(Cl)c1Cl. The van der Waals surface area contributed by atoms with Crippen molar-refractivity contribution in [3.63, 3.8) is 0 Å². The molecule has 0 aliphatic heterocycles. The van der Waals surface area contributed by atoms with Crippen LogP contribution in [0.1, 0.15) is 44.1 Å². The number of rotatable bonds is 5. The van der Waals surface area contributed by atoms with E-state index in [1.807, 2.05) is 6.92 Å². The van der Waals surface area contributed by atoms with Gasteiger partial charge in [-0.15, -0.1) is 0 Å². The fraction of sp³-hybridized carbons (Fsp3) is 0.538. The summed E-state index contributed by atoms with van der Waals surface area (Å²) in [4.78, 5) is 16.0. The topological polar surface area (TPSA) is 42.0 Å². The highest BCUT2D eigenvalue weighted by Gasteiger charge is 2.18. The van der Waals surface area contributed by atoms with Crippen LogP contribution >= 0.6 is 34.8 Å². The quantitative estimate of drug-likeness (QED) is 0.860. The Morgan fingerprint density at radius 2 is 1.84 bits per heavy atom. The van der Waals surface area contributed by atoms with Crippen LogP contribution in [0.4, 0.5) is 0 Å². The van der Waals surface area contributed by atoms with Gasteiger partial charge >= 0.3 is 0 Å². The Bertz CT molecular complexity index is 463. The highest BCUT2D eigenvalue weighted by Crippen LogP contribution is 2.31. The Morgan fingerprint density at radius 3 is 2.42 bits per heavy atom. The Kier molecular flexibility index (Phi) is 6.37. The summed E-state index contributed by atoms with van der Waals surface area (Å²) in [5, 5.41) is 3.32. The Balaban J connectivity index is 2.71. The van der Waals surface area contributed by atoms with Crippen LogP contribution in [0.3, 0.4) is 0 Å². The lowest BCUT2D eigenvalue weighted by molar-refractivity contribution is 0.0932. The average molecular weight is 324 g/mol. The number of hydrogen-bond donors (Lipinski definition) is 1. The second kappa shape index (κ2) is 7.32. The van der Waals surface area contributed by atoms with Crippen molar-refractivity contribution in [2.45, 2.75) is 39.7 Å². The van der Waals surface area contributed by atoms with Crippen LogP contribution in [0, 0.1) is 5.92 Å². The number of halogens is 3. The van der Waals surface area contributed by atoms with Crippen molar-refractivity contribution in [2.75, 3.05) is 0 Å². The first-order valence-corrected chi connectivity index (χ1v) is 7.26.